The molecule has 6 aromatic rings. The van der Waals surface area contributed by atoms with Gasteiger partial charge >= 0.3 is 0 Å². The maximum Gasteiger partial charge on any atom is 0.226 e. The van der Waals surface area contributed by atoms with Crippen molar-refractivity contribution < 1.29 is 0 Å². The van der Waals surface area contributed by atoms with E-state index in [1.54, 1.807) is 0 Å². The minimum Gasteiger partial charge on any atom is -0.208 e. The number of nitrogens with zero attached hydrogens (tertiary/aromatic N) is 3. The molecular weight excluding hydrogens is 450 g/mol. The number of benzene rings is 5. The molecule has 0 aliphatic carbocycles. The van der Waals surface area contributed by atoms with Crippen LogP contribution in [0, 0.1) is 0 Å². The Bertz CT molecular complexity index is 1650. The third-order valence-corrected chi connectivity index (χ3v) is 6.25. The average molecular weight is 470 g/mol. The van der Waals surface area contributed by atoms with Crippen molar-refractivity contribution in [2.45, 2.75) is 0 Å². The molecule has 0 radical (unpaired) electrons. The zero-order valence-electron chi connectivity index (χ0n) is 18.8. The lowest BCUT2D eigenvalue weighted by Gasteiger charge is -2.13. The Morgan fingerprint density at radius 2 is 0.886 bits per heavy atom. The van der Waals surface area contributed by atoms with Crippen LogP contribution in [-0.4, -0.2) is 15.0 Å². The fraction of sp³-hybridized carbons (Fsp3) is 0. The summed E-state index contributed by atoms with van der Waals surface area (Å²) in [6.07, 6.45) is 0. The van der Waals surface area contributed by atoms with Gasteiger partial charge in [-0.2, -0.15) is 9.97 Å². The Hall–Kier alpha value is -4.34. The Labute approximate surface area is 208 Å². The number of aromatic nitrogens is 3. The minimum absolute atomic E-state index is 0.178. The number of fused-ring (bicyclic) bond motifs is 1. The van der Waals surface area contributed by atoms with Gasteiger partial charge in [-0.05, 0) is 50.7 Å². The van der Waals surface area contributed by atoms with Gasteiger partial charge in [0.2, 0.25) is 5.28 Å². The first-order chi connectivity index (χ1) is 17.3. The molecule has 1 heterocycles. The molecule has 0 atom stereocenters. The molecule has 166 valence electrons. The van der Waals surface area contributed by atoms with Crippen LogP contribution in [0.3, 0.4) is 0 Å². The molecule has 0 N–H and O–H groups in total. The monoisotopic (exact) mass is 469 g/mol. The number of halogens is 1. The summed E-state index contributed by atoms with van der Waals surface area (Å²) in [7, 11) is 0. The number of rotatable bonds is 4. The molecular formula is C31H20ClN3. The van der Waals surface area contributed by atoms with Crippen molar-refractivity contribution in [3.63, 3.8) is 0 Å². The Morgan fingerprint density at radius 3 is 1.54 bits per heavy atom. The van der Waals surface area contributed by atoms with Crippen LogP contribution in [0.5, 0.6) is 0 Å². The molecule has 1 aromatic heterocycles. The first kappa shape index (κ1) is 21.2. The van der Waals surface area contributed by atoms with E-state index in [1.807, 2.05) is 48.5 Å². The van der Waals surface area contributed by atoms with E-state index in [2.05, 4.69) is 82.8 Å². The molecule has 3 nitrogen and oxygen atoms in total. The molecule has 0 aliphatic heterocycles. The predicted molar refractivity (Wildman–Crippen MR) is 144 cm³/mol. The maximum absolute atomic E-state index is 6.30. The molecule has 4 heteroatoms. The highest BCUT2D eigenvalue weighted by atomic mass is 35.5. The van der Waals surface area contributed by atoms with Crippen LogP contribution in [0.25, 0.3) is 55.8 Å². The smallest absolute Gasteiger partial charge is 0.208 e. The molecule has 0 fully saturated rings. The van der Waals surface area contributed by atoms with Gasteiger partial charge in [0.1, 0.15) is 0 Å². The molecule has 35 heavy (non-hydrogen) atoms. The average Bonchev–Trinajstić information content (AvgIpc) is 2.93. The van der Waals surface area contributed by atoms with E-state index in [1.165, 1.54) is 21.9 Å². The Kier molecular flexibility index (Phi) is 5.53. The quantitative estimate of drug-likeness (QED) is 0.260. The van der Waals surface area contributed by atoms with E-state index in [-0.39, 0.29) is 5.28 Å². The highest BCUT2D eigenvalue weighted by Crippen LogP contribution is 2.36. The molecule has 0 aliphatic rings. The van der Waals surface area contributed by atoms with Crippen molar-refractivity contribution in [1.82, 2.24) is 15.0 Å². The summed E-state index contributed by atoms with van der Waals surface area (Å²) in [6, 6.07) is 41.5. The summed E-state index contributed by atoms with van der Waals surface area (Å²) in [5.74, 6) is 1.11. The van der Waals surface area contributed by atoms with Gasteiger partial charge in [0.05, 0.1) is 0 Å². The summed E-state index contributed by atoms with van der Waals surface area (Å²) in [6.45, 7) is 0. The van der Waals surface area contributed by atoms with Crippen LogP contribution in [0.2, 0.25) is 5.28 Å². The van der Waals surface area contributed by atoms with Crippen molar-refractivity contribution in [1.29, 1.82) is 0 Å². The molecule has 0 unspecified atom stereocenters. The standard InChI is InChI=1S/C31H20ClN3/c32-31-34-29(22-12-5-2-6-13-22)33-30(35-31)24-15-9-14-23(20-24)26-19-18-25(21-10-3-1-4-11-21)27-16-7-8-17-28(26)27/h1-20H. The zero-order chi connectivity index (χ0) is 23.6. The fourth-order valence-corrected chi connectivity index (χ4v) is 4.60. The van der Waals surface area contributed by atoms with Crippen LogP contribution < -0.4 is 0 Å². The van der Waals surface area contributed by atoms with Gasteiger partial charge in [0.25, 0.3) is 0 Å². The van der Waals surface area contributed by atoms with Gasteiger partial charge < -0.3 is 0 Å². The SMILES string of the molecule is Clc1nc(-c2ccccc2)nc(-c2cccc(-c3ccc(-c4ccccc4)c4ccccc34)c2)n1. The summed E-state index contributed by atoms with van der Waals surface area (Å²) in [5, 5.41) is 2.60. The lowest BCUT2D eigenvalue weighted by molar-refractivity contribution is 1.07. The van der Waals surface area contributed by atoms with Crippen molar-refractivity contribution in [3.05, 3.63) is 127 Å². The van der Waals surface area contributed by atoms with Crippen LogP contribution >= 0.6 is 11.6 Å². The third kappa shape index (κ3) is 4.18. The van der Waals surface area contributed by atoms with Crippen molar-refractivity contribution in [3.8, 4) is 45.0 Å². The second kappa shape index (κ2) is 9.13. The first-order valence-corrected chi connectivity index (χ1v) is 11.8. The lowest BCUT2D eigenvalue weighted by atomic mass is 9.91. The van der Waals surface area contributed by atoms with Gasteiger partial charge in [-0.3, -0.25) is 0 Å². The molecule has 0 spiro atoms. The van der Waals surface area contributed by atoms with Crippen molar-refractivity contribution in [2.75, 3.05) is 0 Å². The largest absolute Gasteiger partial charge is 0.226 e. The highest BCUT2D eigenvalue weighted by molar-refractivity contribution is 6.28. The predicted octanol–water partition coefficient (Wildman–Crippen LogP) is 8.35. The number of hydrogen-bond donors (Lipinski definition) is 0. The second-order valence-corrected chi connectivity index (χ2v) is 8.61. The van der Waals surface area contributed by atoms with Crippen LogP contribution in [0.4, 0.5) is 0 Å². The van der Waals surface area contributed by atoms with E-state index in [4.69, 9.17) is 16.6 Å². The fourth-order valence-electron chi connectivity index (χ4n) is 4.44. The molecule has 0 bridgehead atoms. The maximum atomic E-state index is 6.30. The Balaban J connectivity index is 1.47. The van der Waals surface area contributed by atoms with Gasteiger partial charge in [0.15, 0.2) is 11.6 Å². The highest BCUT2D eigenvalue weighted by Gasteiger charge is 2.13. The Morgan fingerprint density at radius 1 is 0.400 bits per heavy atom. The molecule has 0 saturated heterocycles. The second-order valence-electron chi connectivity index (χ2n) is 8.27. The van der Waals surface area contributed by atoms with Crippen LogP contribution in [0.1, 0.15) is 0 Å². The van der Waals surface area contributed by atoms with Gasteiger partial charge in [-0.25, -0.2) is 4.98 Å². The summed E-state index contributed by atoms with van der Waals surface area (Å²) in [5.41, 5.74) is 6.47. The van der Waals surface area contributed by atoms with Crippen LogP contribution in [-0.2, 0) is 0 Å². The van der Waals surface area contributed by atoms with E-state index in [0.717, 1.165) is 22.3 Å². The summed E-state index contributed by atoms with van der Waals surface area (Å²) >= 11 is 6.30. The molecule has 0 saturated carbocycles. The van der Waals surface area contributed by atoms with Gasteiger partial charge in [0, 0.05) is 11.1 Å². The topological polar surface area (TPSA) is 38.7 Å². The summed E-state index contributed by atoms with van der Waals surface area (Å²) < 4.78 is 0. The van der Waals surface area contributed by atoms with Gasteiger partial charge in [-0.1, -0.05) is 115 Å². The minimum atomic E-state index is 0.178. The van der Waals surface area contributed by atoms with Crippen molar-refractivity contribution in [2.24, 2.45) is 0 Å². The van der Waals surface area contributed by atoms with Crippen LogP contribution in [0.15, 0.2) is 121 Å². The lowest BCUT2D eigenvalue weighted by Crippen LogP contribution is -1.97. The van der Waals surface area contributed by atoms with Crippen molar-refractivity contribution >= 4 is 22.4 Å². The third-order valence-electron chi connectivity index (χ3n) is 6.08. The molecule has 6 rings (SSSR count). The van der Waals surface area contributed by atoms with E-state index in [0.29, 0.717) is 11.6 Å². The van der Waals surface area contributed by atoms with E-state index < -0.39 is 0 Å². The molecule has 0 amide bonds. The number of hydrogen-bond acceptors (Lipinski definition) is 3. The van der Waals surface area contributed by atoms with E-state index >= 15 is 0 Å². The first-order valence-electron chi connectivity index (χ1n) is 11.4. The zero-order valence-corrected chi connectivity index (χ0v) is 19.5. The van der Waals surface area contributed by atoms with E-state index in [9.17, 15) is 0 Å². The van der Waals surface area contributed by atoms with Gasteiger partial charge in [-0.15, -0.1) is 0 Å². The normalized spacial score (nSPS) is 11.0. The molecule has 5 aromatic carbocycles. The summed E-state index contributed by atoms with van der Waals surface area (Å²) in [4.78, 5) is 13.5.